The van der Waals surface area contributed by atoms with Gasteiger partial charge in [-0.1, -0.05) is 0 Å². The highest BCUT2D eigenvalue weighted by molar-refractivity contribution is 6.39. The number of carbonyl (C=O) groups is 3. The Morgan fingerprint density at radius 2 is 2.25 bits per heavy atom. The summed E-state index contributed by atoms with van der Waals surface area (Å²) in [5.41, 5.74) is 2.41. The molecule has 0 spiro atoms. The van der Waals surface area contributed by atoms with E-state index in [2.05, 4.69) is 20.6 Å². The van der Waals surface area contributed by atoms with E-state index in [0.29, 0.717) is 0 Å². The predicted molar refractivity (Wildman–Crippen MR) is 54.5 cm³/mol. The van der Waals surface area contributed by atoms with Crippen LogP contribution in [0.3, 0.4) is 0 Å². The Hall–Kier alpha value is -1.92. The monoisotopic (exact) mass is 227 g/mol. The molecule has 0 fully saturated rings. The minimum absolute atomic E-state index is 0.195. The molecule has 0 saturated carbocycles. The van der Waals surface area contributed by atoms with Gasteiger partial charge < -0.3 is 10.1 Å². The number of nitrogens with zero attached hydrogens (tertiary/aromatic N) is 1. The second-order valence-corrected chi connectivity index (χ2v) is 3.08. The van der Waals surface area contributed by atoms with Crippen LogP contribution in [0.15, 0.2) is 5.10 Å². The van der Waals surface area contributed by atoms with Crippen molar-refractivity contribution in [2.24, 2.45) is 5.10 Å². The lowest BCUT2D eigenvalue weighted by Crippen LogP contribution is -2.39. The van der Waals surface area contributed by atoms with Crippen molar-refractivity contribution >= 4 is 23.5 Å². The summed E-state index contributed by atoms with van der Waals surface area (Å²) in [6.45, 7) is 1.76. The van der Waals surface area contributed by atoms with Crippen LogP contribution in [-0.2, 0) is 19.1 Å². The molecule has 0 bridgehead atoms. The summed E-state index contributed by atoms with van der Waals surface area (Å²) in [6, 6.07) is 0. The van der Waals surface area contributed by atoms with Gasteiger partial charge in [0.25, 0.3) is 5.91 Å². The highest BCUT2D eigenvalue weighted by Gasteiger charge is 2.18. The van der Waals surface area contributed by atoms with E-state index in [9.17, 15) is 14.4 Å². The molecule has 0 radical (unpaired) electrons. The van der Waals surface area contributed by atoms with Crippen LogP contribution in [-0.4, -0.2) is 36.6 Å². The molecule has 1 aliphatic heterocycles. The van der Waals surface area contributed by atoms with Crippen molar-refractivity contribution in [3.63, 3.8) is 0 Å². The number of nitrogens with one attached hydrogen (secondary N) is 2. The minimum Gasteiger partial charge on any atom is -0.465 e. The van der Waals surface area contributed by atoms with Gasteiger partial charge >= 0.3 is 5.97 Å². The molecular weight excluding hydrogens is 214 g/mol. The Morgan fingerprint density at radius 1 is 1.50 bits per heavy atom. The molecule has 1 heterocycles. The zero-order valence-electron chi connectivity index (χ0n) is 8.91. The van der Waals surface area contributed by atoms with Crippen LogP contribution < -0.4 is 10.7 Å². The second-order valence-electron chi connectivity index (χ2n) is 3.08. The van der Waals surface area contributed by atoms with E-state index in [-0.39, 0.29) is 37.6 Å². The molecule has 0 atom stereocenters. The van der Waals surface area contributed by atoms with Gasteiger partial charge in [0, 0.05) is 12.8 Å². The molecule has 0 aromatic heterocycles. The lowest BCUT2D eigenvalue weighted by Gasteiger charge is -2.11. The number of amides is 2. The molecule has 0 aromatic rings. The summed E-state index contributed by atoms with van der Waals surface area (Å²) < 4.78 is 4.63. The van der Waals surface area contributed by atoms with Crippen LogP contribution in [0, 0.1) is 0 Å². The van der Waals surface area contributed by atoms with Crippen molar-refractivity contribution in [3.05, 3.63) is 0 Å². The Kier molecular flexibility index (Phi) is 4.43. The Bertz CT molecular complexity index is 338. The van der Waals surface area contributed by atoms with Gasteiger partial charge in [0.15, 0.2) is 0 Å². The van der Waals surface area contributed by atoms with Crippen LogP contribution in [0.25, 0.3) is 0 Å². The van der Waals surface area contributed by atoms with Crippen LogP contribution in [0.2, 0.25) is 0 Å². The van der Waals surface area contributed by atoms with Crippen molar-refractivity contribution in [3.8, 4) is 0 Å². The summed E-state index contributed by atoms with van der Waals surface area (Å²) >= 11 is 0. The molecular formula is C9H13N3O4. The van der Waals surface area contributed by atoms with Gasteiger partial charge in [-0.3, -0.25) is 14.4 Å². The van der Waals surface area contributed by atoms with Crippen molar-refractivity contribution in [1.82, 2.24) is 10.7 Å². The molecule has 2 amide bonds. The van der Waals surface area contributed by atoms with Gasteiger partial charge in [0.2, 0.25) is 5.91 Å². The molecule has 7 heteroatoms. The van der Waals surface area contributed by atoms with E-state index < -0.39 is 11.9 Å². The van der Waals surface area contributed by atoms with E-state index in [1.807, 2.05) is 0 Å². The van der Waals surface area contributed by atoms with E-state index in [0.717, 1.165) is 0 Å². The number of hydrazone groups is 1. The fourth-order valence-electron chi connectivity index (χ4n) is 1.10. The summed E-state index contributed by atoms with van der Waals surface area (Å²) in [4.78, 5) is 33.1. The Balaban J connectivity index is 2.35. The third-order valence-corrected chi connectivity index (χ3v) is 1.87. The number of ether oxygens (including phenoxy) is 1. The number of hydrogen-bond acceptors (Lipinski definition) is 5. The standard InChI is InChI=1S/C9H13N3O4/c1-2-16-8(14)5-10-9(15)6-3-4-7(13)12-11-6/h2-5H2,1H3,(H,10,15)(H,12,13). The molecule has 2 N–H and O–H groups in total. The first-order valence-corrected chi connectivity index (χ1v) is 4.92. The SMILES string of the molecule is CCOC(=O)CNC(=O)C1=NNC(=O)CC1. The first-order valence-electron chi connectivity index (χ1n) is 4.92. The van der Waals surface area contributed by atoms with Crippen molar-refractivity contribution < 1.29 is 19.1 Å². The van der Waals surface area contributed by atoms with E-state index in [1.54, 1.807) is 6.92 Å². The highest BCUT2D eigenvalue weighted by Crippen LogP contribution is 1.99. The largest absolute Gasteiger partial charge is 0.465 e. The van der Waals surface area contributed by atoms with Gasteiger partial charge in [-0.2, -0.15) is 5.10 Å². The average Bonchev–Trinajstić information content (AvgIpc) is 2.27. The molecule has 88 valence electrons. The van der Waals surface area contributed by atoms with Crippen LogP contribution in [0.1, 0.15) is 19.8 Å². The summed E-state index contributed by atoms with van der Waals surface area (Å²) in [7, 11) is 0. The average molecular weight is 227 g/mol. The highest BCUT2D eigenvalue weighted by atomic mass is 16.5. The van der Waals surface area contributed by atoms with Crippen molar-refractivity contribution in [2.45, 2.75) is 19.8 Å². The Labute approximate surface area is 92.2 Å². The molecule has 1 rings (SSSR count). The van der Waals surface area contributed by atoms with Gasteiger partial charge in [-0.25, -0.2) is 5.43 Å². The zero-order chi connectivity index (χ0) is 12.0. The fourth-order valence-corrected chi connectivity index (χ4v) is 1.10. The summed E-state index contributed by atoms with van der Waals surface area (Å²) in [6.07, 6.45) is 0.506. The molecule has 0 aliphatic carbocycles. The summed E-state index contributed by atoms with van der Waals surface area (Å²) in [5, 5.41) is 5.94. The Morgan fingerprint density at radius 3 is 2.81 bits per heavy atom. The van der Waals surface area contributed by atoms with E-state index in [4.69, 9.17) is 0 Å². The molecule has 16 heavy (non-hydrogen) atoms. The molecule has 7 nitrogen and oxygen atoms in total. The molecule has 0 saturated heterocycles. The predicted octanol–water partition coefficient (Wildman–Crippen LogP) is -1.07. The number of rotatable bonds is 4. The minimum atomic E-state index is -0.503. The number of esters is 1. The normalized spacial score (nSPS) is 14.8. The second kappa shape index (κ2) is 5.84. The van der Waals surface area contributed by atoms with Gasteiger partial charge in [0.05, 0.1) is 6.61 Å². The molecule has 0 aromatic carbocycles. The van der Waals surface area contributed by atoms with Gasteiger partial charge in [-0.15, -0.1) is 0 Å². The molecule has 0 unspecified atom stereocenters. The quantitative estimate of drug-likeness (QED) is 0.598. The van der Waals surface area contributed by atoms with Gasteiger partial charge in [-0.05, 0) is 6.92 Å². The fraction of sp³-hybridized carbons (Fsp3) is 0.556. The third kappa shape index (κ3) is 3.68. The van der Waals surface area contributed by atoms with Crippen molar-refractivity contribution in [2.75, 3.05) is 13.2 Å². The lowest BCUT2D eigenvalue weighted by atomic mass is 10.1. The van der Waals surface area contributed by atoms with Crippen LogP contribution in [0.5, 0.6) is 0 Å². The topological polar surface area (TPSA) is 96.9 Å². The first-order chi connectivity index (χ1) is 7.63. The van der Waals surface area contributed by atoms with E-state index in [1.165, 1.54) is 0 Å². The third-order valence-electron chi connectivity index (χ3n) is 1.87. The first kappa shape index (κ1) is 12.2. The van der Waals surface area contributed by atoms with Crippen LogP contribution in [0.4, 0.5) is 0 Å². The maximum atomic E-state index is 11.4. The number of carbonyl (C=O) groups excluding carboxylic acids is 3. The smallest absolute Gasteiger partial charge is 0.325 e. The summed E-state index contributed by atoms with van der Waals surface area (Å²) in [5.74, 6) is -1.19. The number of hydrogen-bond donors (Lipinski definition) is 2. The molecule has 1 aliphatic rings. The zero-order valence-corrected chi connectivity index (χ0v) is 8.91. The van der Waals surface area contributed by atoms with Crippen molar-refractivity contribution in [1.29, 1.82) is 0 Å². The maximum absolute atomic E-state index is 11.4. The van der Waals surface area contributed by atoms with Crippen LogP contribution >= 0.6 is 0 Å². The maximum Gasteiger partial charge on any atom is 0.325 e. The van der Waals surface area contributed by atoms with Gasteiger partial charge in [0.1, 0.15) is 12.3 Å². The van der Waals surface area contributed by atoms with E-state index >= 15 is 0 Å². The lowest BCUT2D eigenvalue weighted by molar-refractivity contribution is -0.143.